The Morgan fingerprint density at radius 3 is 2.94 bits per heavy atom. The Kier molecular flexibility index (Phi) is 3.91. The molecule has 1 aliphatic heterocycles. The molecule has 2 amide bonds. The molecular weight excluding hydrogens is 248 g/mol. The van der Waals surface area contributed by atoms with Crippen molar-refractivity contribution in [3.8, 4) is 0 Å². The van der Waals surface area contributed by atoms with E-state index in [1.165, 1.54) is 0 Å². The predicted octanol–water partition coefficient (Wildman–Crippen LogP) is 1.46. The summed E-state index contributed by atoms with van der Waals surface area (Å²) in [6, 6.07) is 5.89. The number of carbonyl (C=O) groups is 2. The molecule has 0 spiro atoms. The fraction of sp³-hybridized carbons (Fsp3) is 0.385. The normalized spacial score (nSPS) is 13.8. The third-order valence-corrected chi connectivity index (χ3v) is 3.32. The zero-order valence-corrected chi connectivity index (χ0v) is 11.2. The van der Waals surface area contributed by atoms with Crippen LogP contribution in [0.2, 0.25) is 0 Å². The summed E-state index contributed by atoms with van der Waals surface area (Å²) in [5.41, 5.74) is 3.10. The van der Waals surface area contributed by atoms with Crippen molar-refractivity contribution < 1.29 is 9.59 Å². The molecule has 0 unspecified atom stereocenters. The van der Waals surface area contributed by atoms with Gasteiger partial charge in [0.1, 0.15) is 0 Å². The number of amides is 2. The summed E-state index contributed by atoms with van der Waals surface area (Å²) in [6.07, 6.45) is 1.29. The molecule has 0 atom stereocenters. The van der Waals surface area contributed by atoms with Gasteiger partial charge in [0, 0.05) is 25.7 Å². The summed E-state index contributed by atoms with van der Waals surface area (Å²) in [5, 5.41) is 2.84. The van der Waals surface area contributed by atoms with Gasteiger partial charge in [-0.3, -0.25) is 9.59 Å². The van der Waals surface area contributed by atoms with Crippen LogP contribution in [0.25, 0.3) is 0 Å². The van der Waals surface area contributed by atoms with Crippen LogP contribution in [0.1, 0.15) is 17.5 Å². The molecule has 5 heteroatoms. The molecule has 0 saturated carbocycles. The summed E-state index contributed by atoms with van der Waals surface area (Å²) in [6.45, 7) is 0.570. The smallest absolute Gasteiger partial charge is 0.232 e. The van der Waals surface area contributed by atoms with Gasteiger partial charge in [0.25, 0.3) is 0 Å². The van der Waals surface area contributed by atoms with Gasteiger partial charge in [0.05, 0.1) is 5.75 Å². The van der Waals surface area contributed by atoms with Gasteiger partial charge in [-0.05, 0) is 23.6 Å². The monoisotopic (exact) mass is 264 g/mol. The third kappa shape index (κ3) is 2.85. The maximum atomic E-state index is 11.4. The largest absolute Gasteiger partial charge is 0.341 e. The number of nitrogens with one attached hydrogen (secondary N) is 1. The average Bonchev–Trinajstić information content (AvgIpc) is 2.38. The first-order chi connectivity index (χ1) is 8.60. The standard InChI is InChI=1S/C13H16N2O2S/c1-15(13(17)8-18)7-9-2-4-11-10(6-9)3-5-12(16)14-11/h2,4,6,18H,3,5,7-8H2,1H3,(H,14,16). The van der Waals surface area contributed by atoms with Crippen molar-refractivity contribution in [2.24, 2.45) is 0 Å². The van der Waals surface area contributed by atoms with Crippen molar-refractivity contribution in [1.29, 1.82) is 0 Å². The first kappa shape index (κ1) is 13.0. The fourth-order valence-electron chi connectivity index (χ4n) is 2.02. The van der Waals surface area contributed by atoms with Gasteiger partial charge in [-0.25, -0.2) is 0 Å². The number of anilines is 1. The summed E-state index contributed by atoms with van der Waals surface area (Å²) in [7, 11) is 1.76. The summed E-state index contributed by atoms with van der Waals surface area (Å²) in [4.78, 5) is 24.3. The molecule has 1 N–H and O–H groups in total. The van der Waals surface area contributed by atoms with Crippen LogP contribution in [0.3, 0.4) is 0 Å². The Balaban J connectivity index is 2.12. The lowest BCUT2D eigenvalue weighted by atomic mass is 10.0. The van der Waals surface area contributed by atoms with Crippen molar-refractivity contribution in [3.05, 3.63) is 29.3 Å². The minimum absolute atomic E-state index is 0.00403. The maximum Gasteiger partial charge on any atom is 0.232 e. The molecule has 0 saturated heterocycles. The van der Waals surface area contributed by atoms with Crippen molar-refractivity contribution in [2.75, 3.05) is 18.1 Å². The minimum Gasteiger partial charge on any atom is -0.341 e. The van der Waals surface area contributed by atoms with Crippen LogP contribution in [-0.4, -0.2) is 29.5 Å². The van der Waals surface area contributed by atoms with E-state index in [0.29, 0.717) is 13.0 Å². The lowest BCUT2D eigenvalue weighted by molar-refractivity contribution is -0.127. The lowest BCUT2D eigenvalue weighted by Gasteiger charge is -2.20. The molecule has 4 nitrogen and oxygen atoms in total. The van der Waals surface area contributed by atoms with Crippen LogP contribution in [0.15, 0.2) is 18.2 Å². The Labute approximate surface area is 112 Å². The molecule has 0 fully saturated rings. The van der Waals surface area contributed by atoms with Crippen molar-refractivity contribution in [1.82, 2.24) is 4.90 Å². The SMILES string of the molecule is CN(Cc1ccc2c(c1)CCC(=O)N2)C(=O)CS. The van der Waals surface area contributed by atoms with Gasteiger partial charge in [0.15, 0.2) is 0 Å². The molecule has 1 aliphatic rings. The highest BCUT2D eigenvalue weighted by atomic mass is 32.1. The lowest BCUT2D eigenvalue weighted by Crippen LogP contribution is -2.27. The van der Waals surface area contributed by atoms with Gasteiger partial charge in [0.2, 0.25) is 11.8 Å². The minimum atomic E-state index is 0.00403. The van der Waals surface area contributed by atoms with Gasteiger partial charge >= 0.3 is 0 Å². The van der Waals surface area contributed by atoms with Crippen molar-refractivity contribution in [3.63, 3.8) is 0 Å². The number of carbonyl (C=O) groups excluding carboxylic acids is 2. The quantitative estimate of drug-likeness (QED) is 0.812. The number of fused-ring (bicyclic) bond motifs is 1. The molecule has 0 radical (unpaired) electrons. The van der Waals surface area contributed by atoms with E-state index in [2.05, 4.69) is 24.0 Å². The zero-order chi connectivity index (χ0) is 13.1. The van der Waals surface area contributed by atoms with Gasteiger partial charge < -0.3 is 10.2 Å². The van der Waals surface area contributed by atoms with Crippen LogP contribution in [-0.2, 0) is 22.6 Å². The second kappa shape index (κ2) is 5.44. The number of hydrogen-bond donors (Lipinski definition) is 2. The first-order valence-electron chi connectivity index (χ1n) is 5.86. The van der Waals surface area contributed by atoms with Gasteiger partial charge in [-0.1, -0.05) is 12.1 Å². The number of benzene rings is 1. The molecule has 1 heterocycles. The second-order valence-corrected chi connectivity index (χ2v) is 4.76. The van der Waals surface area contributed by atoms with E-state index >= 15 is 0 Å². The second-order valence-electron chi connectivity index (χ2n) is 4.45. The van der Waals surface area contributed by atoms with Crippen molar-refractivity contribution >= 4 is 30.1 Å². The molecule has 0 aliphatic carbocycles. The van der Waals surface area contributed by atoms with E-state index in [1.54, 1.807) is 11.9 Å². The van der Waals surface area contributed by atoms with Crippen LogP contribution in [0, 0.1) is 0 Å². The number of aryl methyl sites for hydroxylation is 1. The summed E-state index contributed by atoms with van der Waals surface area (Å²) >= 11 is 3.97. The van der Waals surface area contributed by atoms with E-state index in [1.807, 2.05) is 12.1 Å². The zero-order valence-electron chi connectivity index (χ0n) is 10.3. The van der Waals surface area contributed by atoms with E-state index in [4.69, 9.17) is 0 Å². The Morgan fingerprint density at radius 2 is 2.22 bits per heavy atom. The van der Waals surface area contributed by atoms with Gasteiger partial charge in [-0.2, -0.15) is 12.6 Å². The molecule has 2 rings (SSSR count). The summed E-state index contributed by atoms with van der Waals surface area (Å²) in [5.74, 6) is 0.291. The summed E-state index contributed by atoms with van der Waals surface area (Å²) < 4.78 is 0. The Bertz CT molecular complexity index is 488. The van der Waals surface area contributed by atoms with Crippen LogP contribution in [0.5, 0.6) is 0 Å². The highest BCUT2D eigenvalue weighted by Crippen LogP contribution is 2.23. The molecule has 18 heavy (non-hydrogen) atoms. The number of nitrogens with zero attached hydrogens (tertiary/aromatic N) is 1. The number of hydrogen-bond acceptors (Lipinski definition) is 3. The van der Waals surface area contributed by atoms with E-state index in [0.717, 1.165) is 23.2 Å². The van der Waals surface area contributed by atoms with E-state index < -0.39 is 0 Å². The van der Waals surface area contributed by atoms with E-state index in [-0.39, 0.29) is 17.6 Å². The van der Waals surface area contributed by atoms with Gasteiger partial charge in [-0.15, -0.1) is 0 Å². The predicted molar refractivity (Wildman–Crippen MR) is 73.7 cm³/mol. The topological polar surface area (TPSA) is 49.4 Å². The Morgan fingerprint density at radius 1 is 1.44 bits per heavy atom. The maximum absolute atomic E-state index is 11.4. The molecule has 96 valence electrons. The van der Waals surface area contributed by atoms with E-state index in [9.17, 15) is 9.59 Å². The molecule has 0 bridgehead atoms. The number of rotatable bonds is 3. The highest BCUT2D eigenvalue weighted by Gasteiger charge is 2.15. The Hall–Kier alpha value is -1.49. The van der Waals surface area contributed by atoms with Crippen LogP contribution in [0.4, 0.5) is 5.69 Å². The average molecular weight is 264 g/mol. The molecule has 1 aromatic rings. The fourth-order valence-corrected chi connectivity index (χ4v) is 2.26. The van der Waals surface area contributed by atoms with Crippen molar-refractivity contribution in [2.45, 2.75) is 19.4 Å². The first-order valence-corrected chi connectivity index (χ1v) is 6.50. The molecular formula is C13H16N2O2S. The molecule has 1 aromatic carbocycles. The third-order valence-electron chi connectivity index (χ3n) is 3.05. The van der Waals surface area contributed by atoms with Crippen LogP contribution < -0.4 is 5.32 Å². The highest BCUT2D eigenvalue weighted by molar-refractivity contribution is 7.81. The van der Waals surface area contributed by atoms with Crippen LogP contribution >= 0.6 is 12.6 Å². The molecule has 0 aromatic heterocycles. The number of thiol groups is 1.